The molecule has 0 N–H and O–H groups in total. The number of nitriles is 1. The van der Waals surface area contributed by atoms with E-state index in [-0.39, 0.29) is 17.0 Å². The largest absolute Gasteiger partial charge is 0.352 e. The number of hydrogen-bond acceptors (Lipinski definition) is 3. The van der Waals surface area contributed by atoms with Crippen molar-refractivity contribution in [3.8, 4) is 6.07 Å². The molecule has 0 radical (unpaired) electrons. The summed E-state index contributed by atoms with van der Waals surface area (Å²) in [5.74, 6) is 0.950. The second-order valence-electron chi connectivity index (χ2n) is 2.27. The molecule has 62 valence electrons. The molecule has 0 fully saturated rings. The minimum atomic E-state index is 0. The Balaban J connectivity index is 0.000001000. The second kappa shape index (κ2) is 4.68. The summed E-state index contributed by atoms with van der Waals surface area (Å²) in [5, 5.41) is 8.41. The topological polar surface area (TPSA) is 27.0 Å². The molecule has 0 saturated carbocycles. The zero-order valence-electron chi connectivity index (χ0n) is 6.63. The monoisotopic (exact) mass is 234 g/mol. The molecule has 0 atom stereocenters. The molecule has 0 bridgehead atoms. The normalized spacial score (nSPS) is 16.3. The highest BCUT2D eigenvalue weighted by atomic mass is 79.9. The minimum Gasteiger partial charge on any atom is -0.352 e. The molecular formula is C7H11BrN2S. The number of nitrogens with zero attached hydrogens (tertiary/aromatic N) is 2. The van der Waals surface area contributed by atoms with Crippen molar-refractivity contribution in [2.24, 2.45) is 0 Å². The van der Waals surface area contributed by atoms with Gasteiger partial charge >= 0.3 is 0 Å². The summed E-state index contributed by atoms with van der Waals surface area (Å²) in [6, 6.07) is 2.14. The molecule has 0 aliphatic carbocycles. The van der Waals surface area contributed by atoms with E-state index in [1.807, 2.05) is 11.8 Å². The Morgan fingerprint density at radius 2 is 2.27 bits per heavy atom. The van der Waals surface area contributed by atoms with E-state index in [0.29, 0.717) is 6.54 Å². The molecule has 1 rings (SSSR count). The van der Waals surface area contributed by atoms with E-state index >= 15 is 0 Å². The van der Waals surface area contributed by atoms with Gasteiger partial charge in [-0.2, -0.15) is 5.26 Å². The van der Waals surface area contributed by atoms with Crippen LogP contribution in [0.2, 0.25) is 0 Å². The van der Waals surface area contributed by atoms with Crippen LogP contribution in [0.15, 0.2) is 10.6 Å². The molecule has 0 aromatic rings. The highest BCUT2D eigenvalue weighted by Gasteiger charge is 2.14. The molecule has 1 heterocycles. The predicted molar refractivity (Wildman–Crippen MR) is 53.5 cm³/mol. The standard InChI is InChI=1S/C7H10N2S.BrH/c1-6-7(2)10-5-9(6)4-3-8;/h4-5H2,1-2H3;1H. The average molecular weight is 235 g/mol. The third-order valence-electron chi connectivity index (χ3n) is 1.68. The highest BCUT2D eigenvalue weighted by molar-refractivity contribution is 8.93. The van der Waals surface area contributed by atoms with Crippen molar-refractivity contribution in [2.45, 2.75) is 13.8 Å². The van der Waals surface area contributed by atoms with E-state index in [4.69, 9.17) is 5.26 Å². The molecule has 0 aromatic carbocycles. The van der Waals surface area contributed by atoms with E-state index in [1.54, 1.807) is 0 Å². The lowest BCUT2D eigenvalue weighted by Gasteiger charge is -2.13. The van der Waals surface area contributed by atoms with Gasteiger partial charge in [-0.3, -0.25) is 0 Å². The summed E-state index contributed by atoms with van der Waals surface area (Å²) >= 11 is 1.81. The first-order valence-corrected chi connectivity index (χ1v) is 4.16. The van der Waals surface area contributed by atoms with E-state index in [2.05, 4.69) is 24.8 Å². The van der Waals surface area contributed by atoms with Crippen LogP contribution in [0.4, 0.5) is 0 Å². The van der Waals surface area contributed by atoms with Crippen LogP contribution in [-0.2, 0) is 0 Å². The van der Waals surface area contributed by atoms with Gasteiger partial charge in [-0.15, -0.1) is 28.7 Å². The van der Waals surface area contributed by atoms with Gasteiger partial charge in [-0.05, 0) is 13.8 Å². The summed E-state index contributed by atoms with van der Waals surface area (Å²) in [6.45, 7) is 4.68. The van der Waals surface area contributed by atoms with Crippen molar-refractivity contribution in [3.05, 3.63) is 10.6 Å². The first-order chi connectivity index (χ1) is 4.75. The lowest BCUT2D eigenvalue weighted by Crippen LogP contribution is -2.17. The summed E-state index contributed by atoms with van der Waals surface area (Å²) < 4.78 is 0. The van der Waals surface area contributed by atoms with Gasteiger partial charge in [0.15, 0.2) is 0 Å². The van der Waals surface area contributed by atoms with Gasteiger partial charge in [0.2, 0.25) is 0 Å². The fraction of sp³-hybridized carbons (Fsp3) is 0.571. The van der Waals surface area contributed by atoms with Crippen LogP contribution in [-0.4, -0.2) is 17.3 Å². The number of allylic oxidation sites excluding steroid dienone is 2. The van der Waals surface area contributed by atoms with Gasteiger partial charge in [-0.25, -0.2) is 0 Å². The highest BCUT2D eigenvalue weighted by Crippen LogP contribution is 2.30. The van der Waals surface area contributed by atoms with Gasteiger partial charge in [0.05, 0.1) is 11.9 Å². The summed E-state index contributed by atoms with van der Waals surface area (Å²) in [5.41, 5.74) is 1.26. The summed E-state index contributed by atoms with van der Waals surface area (Å²) in [6.07, 6.45) is 0. The Kier molecular flexibility index (Phi) is 4.62. The van der Waals surface area contributed by atoms with Crippen LogP contribution in [0.3, 0.4) is 0 Å². The Labute approximate surface area is 82.0 Å². The molecule has 11 heavy (non-hydrogen) atoms. The molecule has 1 aliphatic rings. The lowest BCUT2D eigenvalue weighted by molar-refractivity contribution is 0.460. The SMILES string of the molecule is Br.CC1=C(C)N(CC#N)CS1. The van der Waals surface area contributed by atoms with E-state index in [1.165, 1.54) is 10.6 Å². The maximum Gasteiger partial charge on any atom is 0.106 e. The fourth-order valence-electron chi connectivity index (χ4n) is 0.848. The van der Waals surface area contributed by atoms with Crippen LogP contribution in [0.5, 0.6) is 0 Å². The van der Waals surface area contributed by atoms with Crippen molar-refractivity contribution in [3.63, 3.8) is 0 Å². The third-order valence-corrected chi connectivity index (χ3v) is 2.85. The smallest absolute Gasteiger partial charge is 0.106 e. The number of halogens is 1. The van der Waals surface area contributed by atoms with Crippen LogP contribution >= 0.6 is 28.7 Å². The number of hydrogen-bond donors (Lipinski definition) is 0. The molecule has 0 aromatic heterocycles. The van der Waals surface area contributed by atoms with Gasteiger partial charge < -0.3 is 4.90 Å². The van der Waals surface area contributed by atoms with Crippen LogP contribution < -0.4 is 0 Å². The molecular weight excluding hydrogens is 224 g/mol. The predicted octanol–water partition coefficient (Wildman–Crippen LogP) is 2.35. The molecule has 1 aliphatic heterocycles. The maximum atomic E-state index is 8.41. The third kappa shape index (κ3) is 2.42. The first kappa shape index (κ1) is 10.9. The van der Waals surface area contributed by atoms with Crippen molar-refractivity contribution < 1.29 is 0 Å². The van der Waals surface area contributed by atoms with Gasteiger partial charge in [0.25, 0.3) is 0 Å². The molecule has 0 saturated heterocycles. The number of thioether (sulfide) groups is 1. The van der Waals surface area contributed by atoms with Crippen LogP contribution in [0, 0.1) is 11.3 Å². The van der Waals surface area contributed by atoms with Crippen molar-refractivity contribution in [1.29, 1.82) is 5.26 Å². The van der Waals surface area contributed by atoms with Gasteiger partial charge in [-0.1, -0.05) is 0 Å². The Hall–Kier alpha value is -0.140. The van der Waals surface area contributed by atoms with Crippen molar-refractivity contribution >= 4 is 28.7 Å². The van der Waals surface area contributed by atoms with Gasteiger partial charge in [0, 0.05) is 10.6 Å². The Bertz CT molecular complexity index is 207. The first-order valence-electron chi connectivity index (χ1n) is 3.18. The van der Waals surface area contributed by atoms with E-state index in [0.717, 1.165) is 5.88 Å². The van der Waals surface area contributed by atoms with E-state index in [9.17, 15) is 0 Å². The fourth-order valence-corrected chi connectivity index (χ4v) is 1.82. The quantitative estimate of drug-likeness (QED) is 0.653. The van der Waals surface area contributed by atoms with Crippen LogP contribution in [0.1, 0.15) is 13.8 Å². The molecule has 4 heteroatoms. The maximum absolute atomic E-state index is 8.41. The molecule has 0 amide bonds. The number of rotatable bonds is 1. The average Bonchev–Trinajstić information content (AvgIpc) is 2.20. The van der Waals surface area contributed by atoms with Crippen molar-refractivity contribution in [2.75, 3.05) is 12.4 Å². The summed E-state index contributed by atoms with van der Waals surface area (Å²) in [4.78, 5) is 3.43. The Morgan fingerprint density at radius 3 is 2.64 bits per heavy atom. The van der Waals surface area contributed by atoms with Gasteiger partial charge in [0.1, 0.15) is 6.54 Å². The van der Waals surface area contributed by atoms with E-state index < -0.39 is 0 Å². The van der Waals surface area contributed by atoms with Crippen LogP contribution in [0.25, 0.3) is 0 Å². The summed E-state index contributed by atoms with van der Waals surface area (Å²) in [7, 11) is 0. The Morgan fingerprint density at radius 1 is 1.64 bits per heavy atom. The lowest BCUT2D eigenvalue weighted by atomic mass is 10.4. The second-order valence-corrected chi connectivity index (χ2v) is 3.43. The zero-order valence-corrected chi connectivity index (χ0v) is 9.15. The molecule has 0 unspecified atom stereocenters. The van der Waals surface area contributed by atoms with Crippen molar-refractivity contribution in [1.82, 2.24) is 4.90 Å². The minimum absolute atomic E-state index is 0. The zero-order chi connectivity index (χ0) is 7.56. The molecule has 2 nitrogen and oxygen atoms in total. The molecule has 0 spiro atoms.